The highest BCUT2D eigenvalue weighted by Crippen LogP contribution is 2.21. The molecular weight excluding hydrogens is 470 g/mol. The van der Waals surface area contributed by atoms with Gasteiger partial charge in [0.2, 0.25) is 0 Å². The largest absolute Gasteiger partial charge is 0.324 e. The number of hydrogen-bond acceptors (Lipinski definition) is 0. The number of rotatable bonds is 34. The lowest BCUT2D eigenvalue weighted by Crippen LogP contribution is -2.50. The Morgan fingerprint density at radius 1 is 0.205 bits per heavy atom. The maximum absolute atomic E-state index is 2.35. The molecule has 0 bridgehead atoms. The van der Waals surface area contributed by atoms with Crippen molar-refractivity contribution in [2.45, 2.75) is 220 Å². The predicted octanol–water partition coefficient (Wildman–Crippen LogP) is 13.6. The molecule has 0 saturated heterocycles. The van der Waals surface area contributed by atoms with Gasteiger partial charge in [-0.3, -0.25) is 0 Å². The summed E-state index contributed by atoms with van der Waals surface area (Å²) in [7, 11) is 0. The predicted molar refractivity (Wildman–Crippen MR) is 181 cm³/mol. The fourth-order valence-electron chi connectivity index (χ4n) is 6.64. The fourth-order valence-corrected chi connectivity index (χ4v) is 6.64. The van der Waals surface area contributed by atoms with E-state index >= 15 is 0 Å². The lowest BCUT2D eigenvalue weighted by Gasteiger charge is -2.40. The minimum Gasteiger partial charge on any atom is -0.324 e. The summed E-state index contributed by atoms with van der Waals surface area (Å²) in [5.74, 6) is 0. The summed E-state index contributed by atoms with van der Waals surface area (Å²) in [6.07, 6.45) is 43.7. The van der Waals surface area contributed by atoms with Crippen LogP contribution in [-0.2, 0) is 0 Å². The number of nitrogens with zero attached hydrogens (tertiary/aromatic N) is 1. The molecule has 0 aromatic carbocycles. The standard InChI is InChI=1S/C38H80N/c1-5-9-13-17-21-24-28-32-36-39(35-31-27-20-16-12-8-4,37-33-29-25-22-18-14-10-6-2)38-34-30-26-23-19-15-11-7-3/h5-38H2,1-4H3/q+1. The third-order valence-corrected chi connectivity index (χ3v) is 9.44. The quantitative estimate of drug-likeness (QED) is 0.0552. The first-order valence-corrected chi connectivity index (χ1v) is 19.1. The van der Waals surface area contributed by atoms with Crippen LogP contribution in [0.15, 0.2) is 0 Å². The van der Waals surface area contributed by atoms with Gasteiger partial charge in [0.05, 0.1) is 26.2 Å². The van der Waals surface area contributed by atoms with Crippen molar-refractivity contribution >= 4 is 0 Å². The molecule has 0 N–H and O–H groups in total. The van der Waals surface area contributed by atoms with Gasteiger partial charge in [-0.2, -0.15) is 0 Å². The maximum atomic E-state index is 2.35. The number of hydrogen-bond donors (Lipinski definition) is 0. The zero-order valence-corrected chi connectivity index (χ0v) is 28.5. The molecule has 0 aliphatic carbocycles. The van der Waals surface area contributed by atoms with E-state index in [4.69, 9.17) is 0 Å². The van der Waals surface area contributed by atoms with E-state index in [0.717, 1.165) is 0 Å². The van der Waals surface area contributed by atoms with Crippen LogP contribution in [0.5, 0.6) is 0 Å². The summed E-state index contributed by atoms with van der Waals surface area (Å²) in [5, 5.41) is 0. The van der Waals surface area contributed by atoms with Crippen molar-refractivity contribution in [3.8, 4) is 0 Å². The van der Waals surface area contributed by atoms with E-state index in [2.05, 4.69) is 27.7 Å². The van der Waals surface area contributed by atoms with Gasteiger partial charge in [-0.05, 0) is 51.4 Å². The molecule has 0 spiro atoms. The van der Waals surface area contributed by atoms with Crippen molar-refractivity contribution in [2.24, 2.45) is 0 Å². The molecule has 1 heteroatoms. The van der Waals surface area contributed by atoms with Gasteiger partial charge in [0.15, 0.2) is 0 Å². The van der Waals surface area contributed by atoms with Gasteiger partial charge in [0.25, 0.3) is 0 Å². The highest BCUT2D eigenvalue weighted by Gasteiger charge is 2.25. The molecular formula is C38H80N+. The molecule has 0 amide bonds. The molecule has 0 unspecified atom stereocenters. The van der Waals surface area contributed by atoms with Crippen molar-refractivity contribution in [3.63, 3.8) is 0 Å². The van der Waals surface area contributed by atoms with Gasteiger partial charge in [-0.1, -0.05) is 169 Å². The van der Waals surface area contributed by atoms with Crippen LogP contribution in [0.3, 0.4) is 0 Å². The molecule has 0 rings (SSSR count). The third kappa shape index (κ3) is 27.9. The number of unbranched alkanes of at least 4 members (excludes halogenated alkanes) is 26. The van der Waals surface area contributed by atoms with E-state index < -0.39 is 0 Å². The average Bonchev–Trinajstić information content (AvgIpc) is 2.95. The normalized spacial score (nSPS) is 12.0. The van der Waals surface area contributed by atoms with Crippen LogP contribution in [0, 0.1) is 0 Å². The van der Waals surface area contributed by atoms with Gasteiger partial charge in [0.1, 0.15) is 0 Å². The zero-order chi connectivity index (χ0) is 28.5. The Kier molecular flexibility index (Phi) is 32.4. The zero-order valence-electron chi connectivity index (χ0n) is 28.5. The smallest absolute Gasteiger partial charge is 0.0786 e. The van der Waals surface area contributed by atoms with E-state index in [9.17, 15) is 0 Å². The van der Waals surface area contributed by atoms with Crippen LogP contribution in [0.1, 0.15) is 220 Å². The monoisotopic (exact) mass is 551 g/mol. The molecule has 0 atom stereocenters. The highest BCUT2D eigenvalue weighted by atomic mass is 15.3. The molecule has 0 fully saturated rings. The second kappa shape index (κ2) is 32.5. The summed E-state index contributed by atoms with van der Waals surface area (Å²) in [6.45, 7) is 15.3. The Morgan fingerprint density at radius 3 is 0.538 bits per heavy atom. The Balaban J connectivity index is 4.78. The van der Waals surface area contributed by atoms with Crippen LogP contribution in [-0.4, -0.2) is 30.7 Å². The Labute approximate surface area is 250 Å². The Hall–Kier alpha value is -0.0400. The van der Waals surface area contributed by atoms with E-state index in [1.54, 1.807) is 0 Å². The summed E-state index contributed by atoms with van der Waals surface area (Å²) >= 11 is 0. The molecule has 0 saturated carbocycles. The van der Waals surface area contributed by atoms with Crippen molar-refractivity contribution in [2.75, 3.05) is 26.2 Å². The van der Waals surface area contributed by atoms with Gasteiger partial charge in [-0.25, -0.2) is 0 Å². The molecule has 236 valence electrons. The Morgan fingerprint density at radius 2 is 0.359 bits per heavy atom. The third-order valence-electron chi connectivity index (χ3n) is 9.44. The first-order valence-electron chi connectivity index (χ1n) is 19.1. The SMILES string of the molecule is CCCCCCCCCC[N+](CCCCCCCC)(CCCCCCCCCC)CCCCCCCCCC. The summed E-state index contributed by atoms with van der Waals surface area (Å²) in [5.41, 5.74) is 0. The second-order valence-corrected chi connectivity index (χ2v) is 13.4. The maximum Gasteiger partial charge on any atom is 0.0786 e. The fraction of sp³-hybridized carbons (Fsp3) is 1.00. The molecule has 0 aromatic heterocycles. The lowest BCUT2D eigenvalue weighted by atomic mass is 10.0. The van der Waals surface area contributed by atoms with Crippen LogP contribution < -0.4 is 0 Å². The molecule has 39 heavy (non-hydrogen) atoms. The van der Waals surface area contributed by atoms with Crippen molar-refractivity contribution in [3.05, 3.63) is 0 Å². The van der Waals surface area contributed by atoms with E-state index in [0.29, 0.717) is 0 Å². The van der Waals surface area contributed by atoms with E-state index in [-0.39, 0.29) is 0 Å². The average molecular weight is 551 g/mol. The molecule has 1 nitrogen and oxygen atoms in total. The van der Waals surface area contributed by atoms with Crippen molar-refractivity contribution in [1.82, 2.24) is 0 Å². The van der Waals surface area contributed by atoms with E-state index in [1.165, 1.54) is 223 Å². The van der Waals surface area contributed by atoms with Crippen LogP contribution >= 0.6 is 0 Å². The summed E-state index contributed by atoms with van der Waals surface area (Å²) in [4.78, 5) is 0. The van der Waals surface area contributed by atoms with Gasteiger partial charge in [0, 0.05) is 0 Å². The molecule has 0 aliphatic rings. The second-order valence-electron chi connectivity index (χ2n) is 13.4. The lowest BCUT2D eigenvalue weighted by molar-refractivity contribution is -0.929. The highest BCUT2D eigenvalue weighted by molar-refractivity contribution is 4.55. The number of quaternary nitrogens is 1. The summed E-state index contributed by atoms with van der Waals surface area (Å²) in [6, 6.07) is 0. The van der Waals surface area contributed by atoms with Gasteiger partial charge < -0.3 is 4.48 Å². The van der Waals surface area contributed by atoms with Crippen LogP contribution in [0.2, 0.25) is 0 Å². The molecule has 0 aliphatic heterocycles. The minimum absolute atomic E-state index is 1.37. The molecule has 0 heterocycles. The van der Waals surface area contributed by atoms with Crippen LogP contribution in [0.25, 0.3) is 0 Å². The molecule has 0 aromatic rings. The first-order chi connectivity index (χ1) is 19.2. The van der Waals surface area contributed by atoms with Gasteiger partial charge >= 0.3 is 0 Å². The van der Waals surface area contributed by atoms with E-state index in [1.807, 2.05) is 0 Å². The molecule has 0 radical (unpaired) electrons. The van der Waals surface area contributed by atoms with Crippen LogP contribution in [0.4, 0.5) is 0 Å². The Bertz CT molecular complexity index is 380. The van der Waals surface area contributed by atoms with Crippen molar-refractivity contribution in [1.29, 1.82) is 0 Å². The minimum atomic E-state index is 1.37. The summed E-state index contributed by atoms with van der Waals surface area (Å²) < 4.78 is 1.48. The van der Waals surface area contributed by atoms with Crippen molar-refractivity contribution < 1.29 is 4.48 Å². The van der Waals surface area contributed by atoms with Gasteiger partial charge in [-0.15, -0.1) is 0 Å². The topological polar surface area (TPSA) is 0 Å². The first kappa shape index (κ1) is 39.0.